The molecular weight excluding hydrogens is 395 g/mol. The summed E-state index contributed by atoms with van der Waals surface area (Å²) >= 11 is 0. The second-order valence-corrected chi connectivity index (χ2v) is 7.85. The van der Waals surface area contributed by atoms with Gasteiger partial charge in [-0.3, -0.25) is 9.69 Å². The average Bonchev–Trinajstić information content (AvgIpc) is 2.63. The lowest BCUT2D eigenvalue weighted by Crippen LogP contribution is -2.36. The van der Waals surface area contributed by atoms with Crippen LogP contribution in [0.2, 0.25) is 0 Å². The standard InChI is InChI=1S/C23H24F3NO3/c1-14(2)11-27(13-23(24,25)26)12-18-19(28)10-9-17-21(29)20(15(3)30-22(17)18)16-7-5-4-6-8-16/h4-10,14,28H,11-13H2,1-3H3. The molecule has 160 valence electrons. The molecule has 0 atom stereocenters. The van der Waals surface area contributed by atoms with Gasteiger partial charge >= 0.3 is 6.18 Å². The molecule has 0 aliphatic rings. The van der Waals surface area contributed by atoms with Gasteiger partial charge in [0.15, 0.2) is 0 Å². The van der Waals surface area contributed by atoms with Gasteiger partial charge in [0.05, 0.1) is 23.1 Å². The Morgan fingerprint density at radius 2 is 1.77 bits per heavy atom. The molecule has 0 amide bonds. The second kappa shape index (κ2) is 8.52. The highest BCUT2D eigenvalue weighted by Crippen LogP contribution is 2.32. The topological polar surface area (TPSA) is 53.7 Å². The van der Waals surface area contributed by atoms with E-state index in [1.807, 2.05) is 32.0 Å². The number of phenolic OH excluding ortho intramolecular Hbond substituents is 1. The van der Waals surface area contributed by atoms with Gasteiger partial charge in [0.25, 0.3) is 0 Å². The Balaban J connectivity index is 2.13. The zero-order chi connectivity index (χ0) is 22.1. The predicted octanol–water partition coefficient (Wildman–Crippen LogP) is 5.49. The maximum atomic E-state index is 13.2. The van der Waals surface area contributed by atoms with Crippen LogP contribution in [0.4, 0.5) is 13.2 Å². The summed E-state index contributed by atoms with van der Waals surface area (Å²) in [6.07, 6.45) is -4.38. The monoisotopic (exact) mass is 419 g/mol. The van der Waals surface area contributed by atoms with Crippen LogP contribution in [0, 0.1) is 12.8 Å². The zero-order valence-corrected chi connectivity index (χ0v) is 17.1. The van der Waals surface area contributed by atoms with E-state index in [1.165, 1.54) is 17.0 Å². The lowest BCUT2D eigenvalue weighted by Gasteiger charge is -2.26. The molecule has 0 radical (unpaired) electrons. The van der Waals surface area contributed by atoms with E-state index in [0.29, 0.717) is 16.9 Å². The number of alkyl halides is 3. The molecule has 0 unspecified atom stereocenters. The molecule has 3 rings (SSSR count). The first-order valence-corrected chi connectivity index (χ1v) is 9.69. The highest BCUT2D eigenvalue weighted by atomic mass is 19.4. The Labute approximate surface area is 172 Å². The van der Waals surface area contributed by atoms with Crippen LogP contribution in [-0.4, -0.2) is 29.3 Å². The molecule has 0 spiro atoms. The largest absolute Gasteiger partial charge is 0.507 e. The summed E-state index contributed by atoms with van der Waals surface area (Å²) < 4.78 is 45.1. The molecule has 2 aromatic carbocycles. The minimum atomic E-state index is -4.38. The van der Waals surface area contributed by atoms with Gasteiger partial charge in [0.1, 0.15) is 17.1 Å². The molecule has 4 nitrogen and oxygen atoms in total. The highest BCUT2D eigenvalue weighted by Gasteiger charge is 2.32. The molecule has 30 heavy (non-hydrogen) atoms. The van der Waals surface area contributed by atoms with Crippen LogP contribution < -0.4 is 5.43 Å². The number of halogens is 3. The Morgan fingerprint density at radius 3 is 2.37 bits per heavy atom. The Morgan fingerprint density at radius 1 is 1.10 bits per heavy atom. The quantitative estimate of drug-likeness (QED) is 0.574. The SMILES string of the molecule is Cc1oc2c(CN(CC(C)C)CC(F)(F)F)c(O)ccc2c(=O)c1-c1ccccc1. The van der Waals surface area contributed by atoms with E-state index in [0.717, 1.165) is 0 Å². The number of aromatic hydroxyl groups is 1. The fourth-order valence-corrected chi connectivity index (χ4v) is 3.68. The summed E-state index contributed by atoms with van der Waals surface area (Å²) in [4.78, 5) is 14.4. The summed E-state index contributed by atoms with van der Waals surface area (Å²) in [6.45, 7) is 4.16. The van der Waals surface area contributed by atoms with Gasteiger partial charge < -0.3 is 9.52 Å². The number of nitrogens with zero attached hydrogens (tertiary/aromatic N) is 1. The van der Waals surface area contributed by atoms with Gasteiger partial charge in [-0.1, -0.05) is 44.2 Å². The van der Waals surface area contributed by atoms with Crippen molar-refractivity contribution >= 4 is 11.0 Å². The van der Waals surface area contributed by atoms with E-state index in [2.05, 4.69) is 0 Å². The van der Waals surface area contributed by atoms with Gasteiger partial charge in [-0.25, -0.2) is 0 Å². The van der Waals surface area contributed by atoms with E-state index in [4.69, 9.17) is 4.42 Å². The smallest absolute Gasteiger partial charge is 0.401 e. The second-order valence-electron chi connectivity index (χ2n) is 7.85. The number of hydrogen-bond acceptors (Lipinski definition) is 4. The molecular formula is C23H24F3NO3. The fraction of sp³-hybridized carbons (Fsp3) is 0.348. The first-order chi connectivity index (χ1) is 14.1. The maximum absolute atomic E-state index is 13.2. The molecule has 1 heterocycles. The predicted molar refractivity (Wildman–Crippen MR) is 110 cm³/mol. The summed E-state index contributed by atoms with van der Waals surface area (Å²) in [5, 5.41) is 10.6. The van der Waals surface area contributed by atoms with E-state index >= 15 is 0 Å². The van der Waals surface area contributed by atoms with Crippen molar-refractivity contribution in [2.45, 2.75) is 33.5 Å². The van der Waals surface area contributed by atoms with Crippen LogP contribution in [0.5, 0.6) is 5.75 Å². The summed E-state index contributed by atoms with van der Waals surface area (Å²) in [5.41, 5.74) is 1.10. The lowest BCUT2D eigenvalue weighted by molar-refractivity contribution is -0.148. The van der Waals surface area contributed by atoms with Gasteiger partial charge in [-0.05, 0) is 30.5 Å². The molecule has 0 fully saturated rings. The number of phenols is 1. The van der Waals surface area contributed by atoms with Crippen molar-refractivity contribution in [3.8, 4) is 16.9 Å². The highest BCUT2D eigenvalue weighted by molar-refractivity contribution is 5.86. The van der Waals surface area contributed by atoms with Crippen molar-refractivity contribution in [2.75, 3.05) is 13.1 Å². The van der Waals surface area contributed by atoms with Gasteiger partial charge in [0.2, 0.25) is 5.43 Å². The summed E-state index contributed by atoms with van der Waals surface area (Å²) in [5.74, 6) is 0.133. The minimum Gasteiger partial charge on any atom is -0.507 e. The first kappa shape index (κ1) is 21.9. The summed E-state index contributed by atoms with van der Waals surface area (Å²) in [6, 6.07) is 11.8. The first-order valence-electron chi connectivity index (χ1n) is 9.69. The van der Waals surface area contributed by atoms with Gasteiger partial charge in [-0.2, -0.15) is 13.2 Å². The van der Waals surface area contributed by atoms with Crippen LogP contribution in [0.25, 0.3) is 22.1 Å². The molecule has 0 saturated carbocycles. The molecule has 1 N–H and O–H groups in total. The number of fused-ring (bicyclic) bond motifs is 1. The van der Waals surface area contributed by atoms with Crippen molar-refractivity contribution in [1.29, 1.82) is 0 Å². The van der Waals surface area contributed by atoms with Crippen LogP contribution in [0.3, 0.4) is 0 Å². The lowest BCUT2D eigenvalue weighted by atomic mass is 10.0. The third-order valence-electron chi connectivity index (χ3n) is 4.79. The fourth-order valence-electron chi connectivity index (χ4n) is 3.68. The number of rotatable bonds is 6. The Kier molecular flexibility index (Phi) is 6.22. The van der Waals surface area contributed by atoms with Crippen molar-refractivity contribution in [1.82, 2.24) is 4.90 Å². The van der Waals surface area contributed by atoms with Crippen molar-refractivity contribution in [3.63, 3.8) is 0 Å². The third-order valence-corrected chi connectivity index (χ3v) is 4.79. The van der Waals surface area contributed by atoms with Crippen LogP contribution in [-0.2, 0) is 6.54 Å². The van der Waals surface area contributed by atoms with E-state index < -0.39 is 12.7 Å². The van der Waals surface area contributed by atoms with E-state index in [9.17, 15) is 23.1 Å². The number of aryl methyl sites for hydroxylation is 1. The van der Waals surface area contributed by atoms with Gasteiger partial charge in [0, 0.05) is 13.1 Å². The number of hydrogen-bond donors (Lipinski definition) is 1. The third kappa shape index (κ3) is 4.84. The molecule has 3 aromatic rings. The molecule has 1 aromatic heterocycles. The summed E-state index contributed by atoms with van der Waals surface area (Å²) in [7, 11) is 0. The minimum absolute atomic E-state index is 0.0112. The Hall–Kier alpha value is -2.80. The van der Waals surface area contributed by atoms with E-state index in [-0.39, 0.29) is 46.7 Å². The van der Waals surface area contributed by atoms with Crippen LogP contribution in [0.1, 0.15) is 25.2 Å². The molecule has 0 aliphatic carbocycles. The molecule has 7 heteroatoms. The maximum Gasteiger partial charge on any atom is 0.401 e. The zero-order valence-electron chi connectivity index (χ0n) is 17.1. The molecule has 0 saturated heterocycles. The van der Waals surface area contributed by atoms with Crippen molar-refractivity contribution in [2.24, 2.45) is 5.92 Å². The molecule has 0 aliphatic heterocycles. The van der Waals surface area contributed by atoms with Crippen LogP contribution >= 0.6 is 0 Å². The molecule has 0 bridgehead atoms. The normalized spacial score (nSPS) is 12.3. The van der Waals surface area contributed by atoms with Crippen molar-refractivity contribution < 1.29 is 22.7 Å². The van der Waals surface area contributed by atoms with Crippen molar-refractivity contribution in [3.05, 3.63) is 64.0 Å². The number of benzene rings is 2. The Bertz CT molecular complexity index is 1090. The van der Waals surface area contributed by atoms with E-state index in [1.54, 1.807) is 19.1 Å². The van der Waals surface area contributed by atoms with Crippen LogP contribution in [0.15, 0.2) is 51.7 Å². The van der Waals surface area contributed by atoms with Gasteiger partial charge in [-0.15, -0.1) is 0 Å². The average molecular weight is 419 g/mol.